The normalized spacial score (nSPS) is 46.7. The fraction of sp³-hybridized carbons (Fsp3) is 0.909. The van der Waals surface area contributed by atoms with E-state index in [1.54, 1.807) is 0 Å². The minimum Gasteiger partial charge on any atom is -0.371 e. The Morgan fingerprint density at radius 2 is 2.15 bits per heavy atom. The lowest BCUT2D eigenvalue weighted by atomic mass is 9.63. The Kier molecular flexibility index (Phi) is 1.82. The summed E-state index contributed by atoms with van der Waals surface area (Å²) in [6.45, 7) is 6.63. The lowest BCUT2D eigenvalue weighted by molar-refractivity contribution is -0.110. The molecule has 13 heavy (non-hydrogen) atoms. The van der Waals surface area contributed by atoms with Gasteiger partial charge in [0.15, 0.2) is 0 Å². The van der Waals surface area contributed by atoms with Crippen molar-refractivity contribution in [3.63, 3.8) is 0 Å². The van der Waals surface area contributed by atoms with Crippen LogP contribution in [0.4, 0.5) is 0 Å². The first kappa shape index (κ1) is 9.20. The van der Waals surface area contributed by atoms with Gasteiger partial charge in [-0.1, -0.05) is 13.8 Å². The molecule has 0 aliphatic carbocycles. The lowest BCUT2D eigenvalue weighted by Crippen LogP contribution is -2.40. The molecule has 0 aromatic carbocycles. The summed E-state index contributed by atoms with van der Waals surface area (Å²) in [6, 6.07) is 0. The molecule has 0 amide bonds. The Morgan fingerprint density at radius 1 is 1.46 bits per heavy atom. The minimum absolute atomic E-state index is 0.0188. The Hall–Kier alpha value is -0.370. The zero-order valence-electron chi connectivity index (χ0n) is 8.67. The van der Waals surface area contributed by atoms with E-state index in [2.05, 4.69) is 20.8 Å². The molecule has 2 bridgehead atoms. The van der Waals surface area contributed by atoms with E-state index in [-0.39, 0.29) is 11.0 Å². The van der Waals surface area contributed by atoms with Crippen molar-refractivity contribution in [2.24, 2.45) is 11.3 Å². The molecule has 3 unspecified atom stereocenters. The molecule has 3 atom stereocenters. The average Bonchev–Trinajstić information content (AvgIpc) is 2.50. The highest BCUT2D eigenvalue weighted by Crippen LogP contribution is 2.58. The second-order valence-corrected chi connectivity index (χ2v) is 5.23. The van der Waals surface area contributed by atoms with Gasteiger partial charge in [-0.25, -0.2) is 0 Å². The molecule has 0 spiro atoms. The van der Waals surface area contributed by atoms with E-state index in [4.69, 9.17) is 4.74 Å². The number of carbonyl (C=O) groups is 1. The number of hydrogen-bond donors (Lipinski definition) is 0. The molecule has 2 aliphatic heterocycles. The topological polar surface area (TPSA) is 26.3 Å². The summed E-state index contributed by atoms with van der Waals surface area (Å²) < 4.78 is 5.98. The molecule has 2 heteroatoms. The highest BCUT2D eigenvalue weighted by Gasteiger charge is 2.60. The molecule has 0 radical (unpaired) electrons. The fourth-order valence-corrected chi connectivity index (χ4v) is 3.30. The second kappa shape index (κ2) is 2.57. The van der Waals surface area contributed by atoms with E-state index in [0.29, 0.717) is 18.4 Å². The molecular formula is C11H18O2. The Bertz CT molecular complexity index is 229. The first-order valence-corrected chi connectivity index (χ1v) is 5.12. The Labute approximate surface area is 79.7 Å². The summed E-state index contributed by atoms with van der Waals surface area (Å²) in [5.74, 6) is 0.413. The van der Waals surface area contributed by atoms with Crippen molar-refractivity contribution in [3.8, 4) is 0 Å². The maximum atomic E-state index is 10.6. The summed E-state index contributed by atoms with van der Waals surface area (Å²) in [7, 11) is 0. The van der Waals surface area contributed by atoms with Crippen LogP contribution in [0.2, 0.25) is 0 Å². The zero-order valence-corrected chi connectivity index (χ0v) is 8.67. The van der Waals surface area contributed by atoms with Gasteiger partial charge in [0.25, 0.3) is 0 Å². The van der Waals surface area contributed by atoms with Gasteiger partial charge in [0.05, 0.1) is 11.7 Å². The third-order valence-corrected chi connectivity index (χ3v) is 4.11. The van der Waals surface area contributed by atoms with Gasteiger partial charge >= 0.3 is 0 Å². The van der Waals surface area contributed by atoms with Gasteiger partial charge in [0.1, 0.15) is 6.29 Å². The second-order valence-electron chi connectivity index (χ2n) is 5.23. The van der Waals surface area contributed by atoms with Crippen molar-refractivity contribution >= 4 is 6.29 Å². The third kappa shape index (κ3) is 1.08. The lowest BCUT2D eigenvalue weighted by Gasteiger charge is -2.38. The number of fused-ring (bicyclic) bond motifs is 2. The first-order chi connectivity index (χ1) is 6.00. The van der Waals surface area contributed by atoms with Crippen LogP contribution in [0.5, 0.6) is 0 Å². The van der Waals surface area contributed by atoms with Crippen LogP contribution >= 0.6 is 0 Å². The molecule has 0 saturated carbocycles. The van der Waals surface area contributed by atoms with E-state index < -0.39 is 0 Å². The molecule has 74 valence electrons. The van der Waals surface area contributed by atoms with Crippen LogP contribution in [0.1, 0.15) is 40.0 Å². The summed E-state index contributed by atoms with van der Waals surface area (Å²) in [6.07, 6.45) is 4.36. The first-order valence-electron chi connectivity index (χ1n) is 5.12. The number of aldehydes is 1. The SMILES string of the molecule is CC12CCC(O1)C(C)(C)C2CC=O. The van der Waals surface area contributed by atoms with Crippen molar-refractivity contribution in [2.45, 2.75) is 51.7 Å². The number of hydrogen-bond acceptors (Lipinski definition) is 2. The molecular weight excluding hydrogens is 164 g/mol. The van der Waals surface area contributed by atoms with Crippen LogP contribution in [-0.4, -0.2) is 18.0 Å². The van der Waals surface area contributed by atoms with E-state index in [1.165, 1.54) is 6.42 Å². The van der Waals surface area contributed by atoms with Crippen LogP contribution < -0.4 is 0 Å². The highest BCUT2D eigenvalue weighted by molar-refractivity contribution is 5.50. The van der Waals surface area contributed by atoms with E-state index in [9.17, 15) is 4.79 Å². The molecule has 2 fully saturated rings. The van der Waals surface area contributed by atoms with E-state index in [0.717, 1.165) is 12.7 Å². The van der Waals surface area contributed by atoms with Crippen molar-refractivity contribution in [1.82, 2.24) is 0 Å². The fourth-order valence-electron chi connectivity index (χ4n) is 3.30. The van der Waals surface area contributed by atoms with E-state index >= 15 is 0 Å². The maximum absolute atomic E-state index is 10.6. The number of ether oxygens (including phenoxy) is 1. The predicted octanol–water partition coefficient (Wildman–Crippen LogP) is 2.17. The smallest absolute Gasteiger partial charge is 0.120 e. The van der Waals surface area contributed by atoms with Crippen LogP contribution in [0.15, 0.2) is 0 Å². The predicted molar refractivity (Wildman–Crippen MR) is 50.5 cm³/mol. The van der Waals surface area contributed by atoms with Gasteiger partial charge in [-0.2, -0.15) is 0 Å². The van der Waals surface area contributed by atoms with E-state index in [1.807, 2.05) is 0 Å². The average molecular weight is 182 g/mol. The summed E-state index contributed by atoms with van der Waals surface area (Å²) in [5, 5.41) is 0. The molecule has 2 aliphatic rings. The van der Waals surface area contributed by atoms with Gasteiger partial charge in [0, 0.05) is 12.3 Å². The standard InChI is InChI=1S/C11H18O2/c1-10(2)8(5-7-12)11(3)6-4-9(10)13-11/h7-9H,4-6H2,1-3H3. The Balaban J connectivity index is 2.28. The molecule has 0 N–H and O–H groups in total. The molecule has 2 heterocycles. The zero-order chi connectivity index (χ0) is 9.69. The van der Waals surface area contributed by atoms with Crippen LogP contribution in [0.3, 0.4) is 0 Å². The summed E-state index contributed by atoms with van der Waals surface area (Å²) >= 11 is 0. The van der Waals surface area contributed by atoms with Gasteiger partial charge in [-0.05, 0) is 25.2 Å². The van der Waals surface area contributed by atoms with Crippen molar-refractivity contribution in [2.75, 3.05) is 0 Å². The summed E-state index contributed by atoms with van der Waals surface area (Å²) in [5.41, 5.74) is 0.170. The van der Waals surface area contributed by atoms with Crippen molar-refractivity contribution in [1.29, 1.82) is 0 Å². The molecule has 2 rings (SSSR count). The monoisotopic (exact) mass is 182 g/mol. The van der Waals surface area contributed by atoms with Crippen molar-refractivity contribution in [3.05, 3.63) is 0 Å². The molecule has 0 aromatic rings. The van der Waals surface area contributed by atoms with Crippen LogP contribution in [0, 0.1) is 11.3 Å². The highest BCUT2D eigenvalue weighted by atomic mass is 16.5. The molecule has 0 aromatic heterocycles. The Morgan fingerprint density at radius 3 is 2.62 bits per heavy atom. The van der Waals surface area contributed by atoms with Gasteiger partial charge < -0.3 is 9.53 Å². The third-order valence-electron chi connectivity index (χ3n) is 4.11. The number of carbonyl (C=O) groups excluding carboxylic acids is 1. The molecule has 2 saturated heterocycles. The van der Waals surface area contributed by atoms with Gasteiger partial charge in [0.2, 0.25) is 0 Å². The minimum atomic E-state index is -0.0188. The van der Waals surface area contributed by atoms with Crippen molar-refractivity contribution < 1.29 is 9.53 Å². The summed E-state index contributed by atoms with van der Waals surface area (Å²) in [4.78, 5) is 10.6. The quantitative estimate of drug-likeness (QED) is 0.612. The van der Waals surface area contributed by atoms with Gasteiger partial charge in [-0.15, -0.1) is 0 Å². The van der Waals surface area contributed by atoms with Crippen LogP contribution in [-0.2, 0) is 9.53 Å². The number of rotatable bonds is 2. The maximum Gasteiger partial charge on any atom is 0.120 e. The van der Waals surface area contributed by atoms with Gasteiger partial charge in [-0.3, -0.25) is 0 Å². The largest absolute Gasteiger partial charge is 0.371 e. The van der Waals surface area contributed by atoms with Crippen LogP contribution in [0.25, 0.3) is 0 Å². The molecule has 2 nitrogen and oxygen atoms in total.